The number of anilines is 3. The fourth-order valence-electron chi connectivity index (χ4n) is 2.37. The molecule has 118 valence electrons. The molecule has 7 nitrogen and oxygen atoms in total. The molecule has 0 spiro atoms. The molecule has 0 amide bonds. The van der Waals surface area contributed by atoms with Crippen molar-refractivity contribution in [1.29, 1.82) is 0 Å². The van der Waals surface area contributed by atoms with E-state index in [1.807, 2.05) is 14.0 Å². The van der Waals surface area contributed by atoms with E-state index in [1.54, 1.807) is 7.11 Å². The molecule has 7 heteroatoms. The molecule has 1 aromatic rings. The lowest BCUT2D eigenvalue weighted by Crippen LogP contribution is -2.26. The lowest BCUT2D eigenvalue weighted by Gasteiger charge is -2.21. The van der Waals surface area contributed by atoms with Gasteiger partial charge in [-0.15, -0.1) is 0 Å². The van der Waals surface area contributed by atoms with Crippen LogP contribution in [0.15, 0.2) is 0 Å². The monoisotopic (exact) mass is 294 g/mol. The van der Waals surface area contributed by atoms with Gasteiger partial charge in [0.15, 0.2) is 0 Å². The van der Waals surface area contributed by atoms with E-state index in [9.17, 15) is 0 Å². The van der Waals surface area contributed by atoms with E-state index in [1.165, 1.54) is 12.8 Å². The topological polar surface area (TPSA) is 66.4 Å². The summed E-state index contributed by atoms with van der Waals surface area (Å²) in [5, 5.41) is 3.19. The molecular formula is C14H26N6O. The Balaban J connectivity index is 2.14. The second-order valence-electron chi connectivity index (χ2n) is 5.25. The number of methoxy groups -OCH3 is 1. The summed E-state index contributed by atoms with van der Waals surface area (Å²) in [5.41, 5.74) is 0. The van der Waals surface area contributed by atoms with Gasteiger partial charge in [-0.25, -0.2) is 0 Å². The fourth-order valence-corrected chi connectivity index (χ4v) is 2.37. The van der Waals surface area contributed by atoms with Crippen molar-refractivity contribution in [2.24, 2.45) is 0 Å². The molecule has 0 aliphatic carbocycles. The summed E-state index contributed by atoms with van der Waals surface area (Å²) in [4.78, 5) is 17.9. The van der Waals surface area contributed by atoms with E-state index in [0.29, 0.717) is 5.95 Å². The van der Waals surface area contributed by atoms with Crippen LogP contribution in [-0.4, -0.2) is 61.9 Å². The van der Waals surface area contributed by atoms with Crippen LogP contribution in [0, 0.1) is 0 Å². The van der Waals surface area contributed by atoms with Crippen molar-refractivity contribution in [2.75, 3.05) is 62.1 Å². The number of hydrogen-bond acceptors (Lipinski definition) is 7. The van der Waals surface area contributed by atoms with E-state index in [-0.39, 0.29) is 0 Å². The van der Waals surface area contributed by atoms with Gasteiger partial charge >= 0.3 is 0 Å². The van der Waals surface area contributed by atoms with Crippen molar-refractivity contribution < 1.29 is 4.74 Å². The first-order valence-electron chi connectivity index (χ1n) is 7.69. The number of rotatable bonds is 8. The second-order valence-corrected chi connectivity index (χ2v) is 5.25. The predicted octanol–water partition coefficient (Wildman–Crippen LogP) is 1.38. The smallest absolute Gasteiger partial charge is 0.231 e. The predicted molar refractivity (Wildman–Crippen MR) is 85.2 cm³/mol. The average molecular weight is 294 g/mol. The van der Waals surface area contributed by atoms with Gasteiger partial charge in [-0.2, -0.15) is 15.0 Å². The largest absolute Gasteiger partial charge is 0.385 e. The van der Waals surface area contributed by atoms with Gasteiger partial charge in [0.2, 0.25) is 17.8 Å². The van der Waals surface area contributed by atoms with Gasteiger partial charge in [-0.05, 0) is 26.2 Å². The number of hydrogen-bond donors (Lipinski definition) is 1. The number of aromatic nitrogens is 3. The maximum absolute atomic E-state index is 5.10. The van der Waals surface area contributed by atoms with Gasteiger partial charge in [0.25, 0.3) is 0 Å². The molecule has 1 aromatic heterocycles. The Labute approximate surface area is 126 Å². The van der Waals surface area contributed by atoms with Crippen molar-refractivity contribution >= 4 is 17.8 Å². The summed E-state index contributed by atoms with van der Waals surface area (Å²) in [5.74, 6) is 2.16. The minimum atomic E-state index is 0.656. The number of nitrogens with one attached hydrogen (secondary N) is 1. The highest BCUT2D eigenvalue weighted by atomic mass is 16.5. The first kappa shape index (κ1) is 15.8. The maximum atomic E-state index is 5.10. The molecule has 0 unspecified atom stereocenters. The fraction of sp³-hybridized carbons (Fsp3) is 0.786. The third kappa shape index (κ3) is 4.42. The van der Waals surface area contributed by atoms with Crippen LogP contribution in [0.5, 0.6) is 0 Å². The minimum Gasteiger partial charge on any atom is -0.385 e. The normalized spacial score (nSPS) is 14.5. The standard InChI is InChI=1S/C14H26N6O/c1-4-15-12-16-13(19(2)8-7-11-21-3)18-14(17-12)20-9-5-6-10-20/h4-11H2,1-3H3,(H,15,16,17,18). The summed E-state index contributed by atoms with van der Waals surface area (Å²) in [6, 6.07) is 0. The molecule has 0 radical (unpaired) electrons. The van der Waals surface area contributed by atoms with Gasteiger partial charge < -0.3 is 19.9 Å². The van der Waals surface area contributed by atoms with Crippen LogP contribution in [0.1, 0.15) is 26.2 Å². The van der Waals surface area contributed by atoms with Crippen molar-refractivity contribution in [1.82, 2.24) is 15.0 Å². The van der Waals surface area contributed by atoms with Gasteiger partial charge in [0, 0.05) is 46.9 Å². The molecule has 1 aliphatic rings. The second kappa shape index (κ2) is 7.97. The van der Waals surface area contributed by atoms with Gasteiger partial charge in [-0.3, -0.25) is 0 Å². The summed E-state index contributed by atoms with van der Waals surface area (Å²) in [6.07, 6.45) is 3.37. The zero-order chi connectivity index (χ0) is 15.1. The SMILES string of the molecule is CCNc1nc(N(C)CCCOC)nc(N2CCCC2)n1. The molecule has 0 aromatic carbocycles. The molecular weight excluding hydrogens is 268 g/mol. The molecule has 1 aliphatic heterocycles. The summed E-state index contributed by atoms with van der Waals surface area (Å²) < 4.78 is 5.10. The highest BCUT2D eigenvalue weighted by molar-refractivity contribution is 5.45. The maximum Gasteiger partial charge on any atom is 0.231 e. The lowest BCUT2D eigenvalue weighted by atomic mass is 10.4. The van der Waals surface area contributed by atoms with Crippen molar-refractivity contribution in [3.8, 4) is 0 Å². The van der Waals surface area contributed by atoms with Crippen molar-refractivity contribution in [3.05, 3.63) is 0 Å². The number of nitrogens with zero attached hydrogens (tertiary/aromatic N) is 5. The molecule has 1 fully saturated rings. The van der Waals surface area contributed by atoms with Gasteiger partial charge in [0.1, 0.15) is 0 Å². The van der Waals surface area contributed by atoms with Gasteiger partial charge in [0.05, 0.1) is 0 Å². The minimum absolute atomic E-state index is 0.656. The van der Waals surface area contributed by atoms with Crippen molar-refractivity contribution in [2.45, 2.75) is 26.2 Å². The first-order chi connectivity index (χ1) is 10.2. The van der Waals surface area contributed by atoms with E-state index in [2.05, 4.69) is 30.1 Å². The van der Waals surface area contributed by atoms with Gasteiger partial charge in [-0.1, -0.05) is 0 Å². The highest BCUT2D eigenvalue weighted by Gasteiger charge is 2.18. The quantitative estimate of drug-likeness (QED) is 0.726. The molecule has 0 bridgehead atoms. The Hall–Kier alpha value is -1.63. The van der Waals surface area contributed by atoms with E-state index in [0.717, 1.165) is 51.1 Å². The Morgan fingerprint density at radius 2 is 2.00 bits per heavy atom. The van der Waals surface area contributed by atoms with Crippen molar-refractivity contribution in [3.63, 3.8) is 0 Å². The Morgan fingerprint density at radius 1 is 1.24 bits per heavy atom. The highest BCUT2D eigenvalue weighted by Crippen LogP contribution is 2.19. The lowest BCUT2D eigenvalue weighted by molar-refractivity contribution is 0.196. The zero-order valence-corrected chi connectivity index (χ0v) is 13.3. The Kier molecular flexibility index (Phi) is 5.98. The number of ether oxygens (including phenoxy) is 1. The van der Waals surface area contributed by atoms with Crippen LogP contribution >= 0.6 is 0 Å². The van der Waals surface area contributed by atoms with E-state index in [4.69, 9.17) is 4.74 Å². The average Bonchev–Trinajstić information content (AvgIpc) is 3.02. The third-order valence-corrected chi connectivity index (χ3v) is 3.52. The Morgan fingerprint density at radius 3 is 2.67 bits per heavy atom. The molecule has 2 rings (SSSR count). The molecule has 0 atom stereocenters. The molecule has 1 saturated heterocycles. The van der Waals surface area contributed by atoms with Crippen LogP contribution in [0.4, 0.5) is 17.8 Å². The van der Waals surface area contributed by atoms with Crippen LogP contribution < -0.4 is 15.1 Å². The summed E-state index contributed by atoms with van der Waals surface area (Å²) in [6.45, 7) is 6.51. The van der Waals surface area contributed by atoms with Crippen LogP contribution in [0.2, 0.25) is 0 Å². The van der Waals surface area contributed by atoms with Crippen LogP contribution in [-0.2, 0) is 4.74 Å². The van der Waals surface area contributed by atoms with E-state index >= 15 is 0 Å². The zero-order valence-electron chi connectivity index (χ0n) is 13.3. The van der Waals surface area contributed by atoms with Crippen LogP contribution in [0.3, 0.4) is 0 Å². The molecule has 2 heterocycles. The summed E-state index contributed by atoms with van der Waals surface area (Å²) >= 11 is 0. The molecule has 1 N–H and O–H groups in total. The third-order valence-electron chi connectivity index (χ3n) is 3.52. The Bertz CT molecular complexity index is 435. The molecule has 0 saturated carbocycles. The summed E-state index contributed by atoms with van der Waals surface area (Å²) in [7, 11) is 3.73. The van der Waals surface area contributed by atoms with E-state index < -0.39 is 0 Å². The first-order valence-corrected chi connectivity index (χ1v) is 7.69. The molecule has 21 heavy (non-hydrogen) atoms. The van der Waals surface area contributed by atoms with Crippen LogP contribution in [0.25, 0.3) is 0 Å².